The lowest BCUT2D eigenvalue weighted by Gasteiger charge is -2.05. The summed E-state index contributed by atoms with van der Waals surface area (Å²) < 4.78 is 20.8. The van der Waals surface area contributed by atoms with Gasteiger partial charge in [-0.05, 0) is 52.9 Å². The highest BCUT2D eigenvalue weighted by atomic mass is 35.5. The van der Waals surface area contributed by atoms with Crippen molar-refractivity contribution in [3.05, 3.63) is 77.3 Å². The molecule has 30 heavy (non-hydrogen) atoms. The first-order valence-corrected chi connectivity index (χ1v) is 10.3. The zero-order valence-electron chi connectivity index (χ0n) is 15.7. The maximum absolute atomic E-state index is 13.3. The van der Waals surface area contributed by atoms with E-state index in [1.54, 1.807) is 28.6 Å². The smallest absolute Gasteiger partial charge is 0.214 e. The van der Waals surface area contributed by atoms with Crippen LogP contribution in [0.1, 0.15) is 5.76 Å². The highest BCUT2D eigenvalue weighted by Crippen LogP contribution is 2.26. The number of aromatic nitrogens is 4. The molecule has 0 atom stereocenters. The van der Waals surface area contributed by atoms with Crippen molar-refractivity contribution in [3.8, 4) is 17.0 Å². The van der Waals surface area contributed by atoms with Gasteiger partial charge in [0, 0.05) is 17.9 Å². The standard InChI is InChI=1S/C20H17ClFN5OS.ClH/c21-17-12-14(6-8-18(17)22)19-9-7-16(28-19)13-23-10-11-29-20-24-25-26-27(20)15-4-2-1-3-5-15;/h1-9,12,23H,10-11,13H2;1H. The average molecular weight is 466 g/mol. The van der Waals surface area contributed by atoms with Crippen LogP contribution in [0.4, 0.5) is 4.39 Å². The number of benzene rings is 2. The zero-order valence-corrected chi connectivity index (χ0v) is 18.1. The predicted molar refractivity (Wildman–Crippen MR) is 118 cm³/mol. The third-order valence-electron chi connectivity index (χ3n) is 4.12. The Balaban J connectivity index is 0.00000256. The Morgan fingerprint density at radius 3 is 2.73 bits per heavy atom. The second-order valence-corrected chi connectivity index (χ2v) is 7.60. The first-order chi connectivity index (χ1) is 14.2. The maximum Gasteiger partial charge on any atom is 0.214 e. The molecule has 0 aliphatic rings. The Kier molecular flexibility index (Phi) is 7.87. The highest BCUT2D eigenvalue weighted by Gasteiger charge is 2.09. The molecule has 0 aliphatic heterocycles. The number of furan rings is 1. The van der Waals surface area contributed by atoms with Crippen LogP contribution in [0.2, 0.25) is 5.02 Å². The third kappa shape index (κ3) is 5.40. The van der Waals surface area contributed by atoms with Gasteiger partial charge in [-0.2, -0.15) is 4.68 Å². The van der Waals surface area contributed by atoms with Crippen LogP contribution in [0.25, 0.3) is 17.0 Å². The zero-order chi connectivity index (χ0) is 20.1. The molecule has 0 bridgehead atoms. The second kappa shape index (κ2) is 10.6. The van der Waals surface area contributed by atoms with Crippen molar-refractivity contribution in [2.75, 3.05) is 12.3 Å². The van der Waals surface area contributed by atoms with Gasteiger partial charge >= 0.3 is 0 Å². The predicted octanol–water partition coefficient (Wildman–Crippen LogP) is 5.02. The molecule has 0 saturated heterocycles. The van der Waals surface area contributed by atoms with Gasteiger partial charge in [0.05, 0.1) is 17.3 Å². The summed E-state index contributed by atoms with van der Waals surface area (Å²) in [6.45, 7) is 1.34. The largest absolute Gasteiger partial charge is 0.460 e. The fourth-order valence-corrected chi connectivity index (χ4v) is 3.67. The number of nitrogens with one attached hydrogen (secondary N) is 1. The molecule has 0 amide bonds. The second-order valence-electron chi connectivity index (χ2n) is 6.13. The van der Waals surface area contributed by atoms with E-state index in [-0.39, 0.29) is 17.4 Å². The van der Waals surface area contributed by atoms with Crippen molar-refractivity contribution in [2.45, 2.75) is 11.7 Å². The van der Waals surface area contributed by atoms with Crippen molar-refractivity contribution >= 4 is 35.8 Å². The number of para-hydroxylation sites is 1. The van der Waals surface area contributed by atoms with E-state index in [2.05, 4.69) is 20.8 Å². The Bertz CT molecular complexity index is 1090. The molecule has 0 spiro atoms. The van der Waals surface area contributed by atoms with E-state index in [1.807, 2.05) is 42.5 Å². The lowest BCUT2D eigenvalue weighted by atomic mass is 10.2. The summed E-state index contributed by atoms with van der Waals surface area (Å²) in [5, 5.41) is 16.0. The van der Waals surface area contributed by atoms with E-state index in [4.69, 9.17) is 16.0 Å². The summed E-state index contributed by atoms with van der Waals surface area (Å²) in [6, 6.07) is 18.0. The highest BCUT2D eigenvalue weighted by molar-refractivity contribution is 7.99. The summed E-state index contributed by atoms with van der Waals surface area (Å²) >= 11 is 7.41. The molecule has 2 aromatic heterocycles. The maximum atomic E-state index is 13.3. The van der Waals surface area contributed by atoms with Gasteiger partial charge in [0.25, 0.3) is 0 Å². The van der Waals surface area contributed by atoms with Crippen LogP contribution < -0.4 is 5.32 Å². The quantitative estimate of drug-likeness (QED) is 0.291. The van der Waals surface area contributed by atoms with Gasteiger partial charge in [0.1, 0.15) is 17.3 Å². The van der Waals surface area contributed by atoms with E-state index in [1.165, 1.54) is 6.07 Å². The number of nitrogens with zero attached hydrogens (tertiary/aromatic N) is 4. The Morgan fingerprint density at radius 2 is 1.93 bits per heavy atom. The van der Waals surface area contributed by atoms with Crippen LogP contribution in [0.3, 0.4) is 0 Å². The number of rotatable bonds is 8. The minimum absolute atomic E-state index is 0. The number of hydrogen-bond donors (Lipinski definition) is 1. The summed E-state index contributed by atoms with van der Waals surface area (Å²) in [5.41, 5.74) is 1.67. The van der Waals surface area contributed by atoms with Crippen molar-refractivity contribution in [3.63, 3.8) is 0 Å². The first kappa shape index (κ1) is 22.3. The molecular weight excluding hydrogens is 448 g/mol. The molecule has 0 aliphatic carbocycles. The molecule has 2 aromatic carbocycles. The first-order valence-electron chi connectivity index (χ1n) is 8.92. The van der Waals surface area contributed by atoms with Crippen molar-refractivity contribution in [2.24, 2.45) is 0 Å². The topological polar surface area (TPSA) is 68.8 Å². The molecule has 156 valence electrons. The van der Waals surface area contributed by atoms with Crippen molar-refractivity contribution < 1.29 is 8.81 Å². The van der Waals surface area contributed by atoms with Crippen LogP contribution >= 0.6 is 35.8 Å². The fourth-order valence-electron chi connectivity index (χ4n) is 2.70. The van der Waals surface area contributed by atoms with E-state index in [0.717, 1.165) is 34.5 Å². The number of thioether (sulfide) groups is 1. The van der Waals surface area contributed by atoms with Gasteiger partial charge in [0.15, 0.2) is 0 Å². The molecule has 10 heteroatoms. The van der Waals surface area contributed by atoms with Crippen LogP contribution in [0.15, 0.2) is 70.2 Å². The van der Waals surface area contributed by atoms with Gasteiger partial charge in [-0.1, -0.05) is 41.6 Å². The molecule has 4 rings (SSSR count). The molecular formula is C20H18Cl2FN5OS. The fraction of sp³-hybridized carbons (Fsp3) is 0.150. The summed E-state index contributed by atoms with van der Waals surface area (Å²) in [6.07, 6.45) is 0. The average Bonchev–Trinajstić information content (AvgIpc) is 3.40. The molecule has 0 unspecified atom stereocenters. The van der Waals surface area contributed by atoms with Crippen molar-refractivity contribution in [1.82, 2.24) is 25.5 Å². The summed E-state index contributed by atoms with van der Waals surface area (Å²) in [4.78, 5) is 0. The SMILES string of the molecule is Cl.Fc1ccc(-c2ccc(CNCCSc3nnnn3-c3ccccc3)o2)cc1Cl. The minimum atomic E-state index is -0.445. The number of halogens is 3. The van der Waals surface area contributed by atoms with E-state index in [9.17, 15) is 4.39 Å². The van der Waals surface area contributed by atoms with Crippen LogP contribution in [0, 0.1) is 5.82 Å². The molecule has 2 heterocycles. The van der Waals surface area contributed by atoms with Gasteiger partial charge in [-0.15, -0.1) is 17.5 Å². The monoisotopic (exact) mass is 465 g/mol. The van der Waals surface area contributed by atoms with Gasteiger partial charge < -0.3 is 9.73 Å². The molecule has 0 fully saturated rings. The molecule has 6 nitrogen and oxygen atoms in total. The van der Waals surface area contributed by atoms with Crippen LogP contribution in [-0.2, 0) is 6.54 Å². The van der Waals surface area contributed by atoms with Gasteiger partial charge in [-0.3, -0.25) is 0 Å². The Labute approximate surface area is 188 Å². The number of tetrazole rings is 1. The lowest BCUT2D eigenvalue weighted by molar-refractivity contribution is 0.499. The van der Waals surface area contributed by atoms with E-state index >= 15 is 0 Å². The van der Waals surface area contributed by atoms with Crippen molar-refractivity contribution in [1.29, 1.82) is 0 Å². The Morgan fingerprint density at radius 1 is 1.10 bits per heavy atom. The third-order valence-corrected chi connectivity index (χ3v) is 5.33. The van der Waals surface area contributed by atoms with Crippen LogP contribution in [-0.4, -0.2) is 32.5 Å². The number of hydrogen-bond acceptors (Lipinski definition) is 6. The van der Waals surface area contributed by atoms with Crippen LogP contribution in [0.5, 0.6) is 0 Å². The molecule has 0 radical (unpaired) electrons. The summed E-state index contributed by atoms with van der Waals surface area (Å²) in [5.74, 6) is 1.80. The van der Waals surface area contributed by atoms with Gasteiger partial charge in [0.2, 0.25) is 5.16 Å². The molecule has 0 saturated carbocycles. The van der Waals surface area contributed by atoms with Gasteiger partial charge in [-0.25, -0.2) is 4.39 Å². The van der Waals surface area contributed by atoms with E-state index in [0.29, 0.717) is 12.3 Å². The summed E-state index contributed by atoms with van der Waals surface area (Å²) in [7, 11) is 0. The molecule has 4 aromatic rings. The minimum Gasteiger partial charge on any atom is -0.460 e. The molecule has 1 N–H and O–H groups in total. The Hall–Kier alpha value is -2.39. The van der Waals surface area contributed by atoms with E-state index < -0.39 is 5.82 Å². The normalized spacial score (nSPS) is 10.7. The lowest BCUT2D eigenvalue weighted by Crippen LogP contribution is -2.16.